The highest BCUT2D eigenvalue weighted by Crippen LogP contribution is 2.28. The summed E-state index contributed by atoms with van der Waals surface area (Å²) >= 11 is 0. The summed E-state index contributed by atoms with van der Waals surface area (Å²) in [5, 5.41) is 0. The van der Waals surface area contributed by atoms with Crippen LogP contribution in [0.3, 0.4) is 0 Å². The van der Waals surface area contributed by atoms with Gasteiger partial charge in [-0.3, -0.25) is 9.59 Å². The van der Waals surface area contributed by atoms with Crippen LogP contribution in [0.15, 0.2) is 34.7 Å². The third-order valence-corrected chi connectivity index (χ3v) is 6.42. The van der Waals surface area contributed by atoms with Crippen LogP contribution in [0.1, 0.15) is 57.1 Å². The molecule has 2 amide bonds. The molecule has 0 bridgehead atoms. The minimum absolute atomic E-state index is 0.0143. The molecule has 37 heavy (non-hydrogen) atoms. The summed E-state index contributed by atoms with van der Waals surface area (Å²) in [5.41, 5.74) is 0.847. The number of carbonyl (C=O) groups excluding carboxylic acids is 2. The number of rotatable bonds is 12. The summed E-state index contributed by atoms with van der Waals surface area (Å²) < 4.78 is 22.3. The van der Waals surface area contributed by atoms with Gasteiger partial charge in [0.25, 0.3) is 0 Å². The molecule has 1 saturated heterocycles. The molecule has 0 unspecified atom stereocenters. The normalized spacial score (nSPS) is 15.5. The number of methoxy groups -OCH3 is 2. The molecule has 2 aromatic rings. The monoisotopic (exact) mass is 514 g/mol. The average Bonchev–Trinajstić information content (AvgIpc) is 3.51. The lowest BCUT2D eigenvalue weighted by Gasteiger charge is -2.30. The zero-order valence-electron chi connectivity index (χ0n) is 23.2. The number of benzene rings is 1. The van der Waals surface area contributed by atoms with E-state index in [1.807, 2.05) is 58.0 Å². The Morgan fingerprint density at radius 3 is 2.38 bits per heavy atom. The van der Waals surface area contributed by atoms with Crippen LogP contribution >= 0.6 is 0 Å². The van der Waals surface area contributed by atoms with Gasteiger partial charge in [0, 0.05) is 26.1 Å². The standard InChI is InChI=1S/C29H42N2O6/c1-21-9-11-24(37-21)19-30(14-13-22-10-12-25(34-5)26(16-22)35-6)28(33)20-31(18-23-8-7-15-36-23)27(32)17-29(2,3)4/h9-12,16,23H,7-8,13-15,17-20H2,1-6H3/t23-/m0/s1. The molecule has 8 heteroatoms. The predicted molar refractivity (Wildman–Crippen MR) is 142 cm³/mol. The highest BCUT2D eigenvalue weighted by Gasteiger charge is 2.29. The highest BCUT2D eigenvalue weighted by molar-refractivity contribution is 5.85. The Bertz CT molecular complexity index is 1040. The molecule has 1 aromatic carbocycles. The lowest BCUT2D eigenvalue weighted by Crippen LogP contribution is -2.46. The Balaban J connectivity index is 1.76. The molecule has 0 saturated carbocycles. The summed E-state index contributed by atoms with van der Waals surface area (Å²) in [6.07, 6.45) is 2.85. The molecular weight excluding hydrogens is 472 g/mol. The van der Waals surface area contributed by atoms with E-state index in [4.69, 9.17) is 18.6 Å². The fraction of sp³-hybridized carbons (Fsp3) is 0.586. The molecule has 8 nitrogen and oxygen atoms in total. The lowest BCUT2D eigenvalue weighted by molar-refractivity contribution is -0.143. The summed E-state index contributed by atoms with van der Waals surface area (Å²) in [7, 11) is 3.21. The first kappa shape index (κ1) is 28.6. The number of furan rings is 1. The Morgan fingerprint density at radius 1 is 1.03 bits per heavy atom. The molecule has 2 heterocycles. The smallest absolute Gasteiger partial charge is 0.242 e. The molecule has 3 rings (SSSR count). The molecule has 1 fully saturated rings. The maximum Gasteiger partial charge on any atom is 0.242 e. The van der Waals surface area contributed by atoms with Crippen molar-refractivity contribution in [2.45, 2.75) is 66.0 Å². The van der Waals surface area contributed by atoms with Crippen molar-refractivity contribution in [3.05, 3.63) is 47.4 Å². The number of nitrogens with zero attached hydrogens (tertiary/aromatic N) is 2. The summed E-state index contributed by atoms with van der Waals surface area (Å²) in [6, 6.07) is 9.54. The average molecular weight is 515 g/mol. The van der Waals surface area contributed by atoms with E-state index in [9.17, 15) is 9.59 Å². The van der Waals surface area contributed by atoms with Crippen LogP contribution in [0.25, 0.3) is 0 Å². The fourth-order valence-electron chi connectivity index (χ4n) is 4.47. The zero-order chi connectivity index (χ0) is 27.0. The highest BCUT2D eigenvalue weighted by atomic mass is 16.5. The largest absolute Gasteiger partial charge is 0.493 e. The maximum absolute atomic E-state index is 13.7. The zero-order valence-corrected chi connectivity index (χ0v) is 23.2. The van der Waals surface area contributed by atoms with E-state index in [1.165, 1.54) is 0 Å². The molecule has 0 radical (unpaired) electrons. The van der Waals surface area contributed by atoms with Crippen LogP contribution in [0.2, 0.25) is 0 Å². The first-order valence-corrected chi connectivity index (χ1v) is 13.0. The van der Waals surface area contributed by atoms with Crippen molar-refractivity contribution < 1.29 is 28.2 Å². The Kier molecular flexibility index (Phi) is 10.0. The van der Waals surface area contributed by atoms with Gasteiger partial charge >= 0.3 is 0 Å². The first-order valence-electron chi connectivity index (χ1n) is 13.0. The van der Waals surface area contributed by atoms with Crippen LogP contribution in [-0.2, 0) is 27.3 Å². The van der Waals surface area contributed by atoms with Crippen molar-refractivity contribution in [1.82, 2.24) is 9.80 Å². The summed E-state index contributed by atoms with van der Waals surface area (Å²) in [6.45, 7) is 9.94. The minimum Gasteiger partial charge on any atom is -0.493 e. The molecule has 1 aliphatic heterocycles. The van der Waals surface area contributed by atoms with Gasteiger partial charge in [-0.1, -0.05) is 26.8 Å². The van der Waals surface area contributed by atoms with Gasteiger partial charge in [0.2, 0.25) is 11.8 Å². The Morgan fingerprint density at radius 2 is 1.78 bits per heavy atom. The Hall–Kier alpha value is -3.00. The molecule has 0 spiro atoms. The third kappa shape index (κ3) is 8.81. The van der Waals surface area contributed by atoms with E-state index in [-0.39, 0.29) is 29.9 Å². The molecular formula is C29H42N2O6. The molecule has 1 aromatic heterocycles. The van der Waals surface area contributed by atoms with Crippen molar-refractivity contribution in [2.24, 2.45) is 5.41 Å². The van der Waals surface area contributed by atoms with Gasteiger partial charge in [0.05, 0.1) is 33.4 Å². The van der Waals surface area contributed by atoms with Gasteiger partial charge in [-0.2, -0.15) is 0 Å². The van der Waals surface area contributed by atoms with Crippen molar-refractivity contribution in [3.8, 4) is 11.5 Å². The molecule has 1 atom stereocenters. The van der Waals surface area contributed by atoms with Crippen molar-refractivity contribution in [3.63, 3.8) is 0 Å². The fourth-order valence-corrected chi connectivity index (χ4v) is 4.47. The van der Waals surface area contributed by atoms with Crippen LogP contribution in [-0.4, -0.2) is 68.2 Å². The molecule has 1 aliphatic rings. The van der Waals surface area contributed by atoms with Gasteiger partial charge < -0.3 is 28.4 Å². The summed E-state index contributed by atoms with van der Waals surface area (Å²) in [5.74, 6) is 2.68. The van der Waals surface area contributed by atoms with E-state index < -0.39 is 0 Å². The van der Waals surface area contributed by atoms with Crippen LogP contribution in [0, 0.1) is 12.3 Å². The molecule has 0 N–H and O–H groups in total. The summed E-state index contributed by atoms with van der Waals surface area (Å²) in [4.78, 5) is 30.3. The van der Waals surface area contributed by atoms with Crippen molar-refractivity contribution in [2.75, 3.05) is 40.5 Å². The maximum atomic E-state index is 13.7. The van der Waals surface area contributed by atoms with Crippen molar-refractivity contribution in [1.29, 1.82) is 0 Å². The van der Waals surface area contributed by atoms with Gasteiger partial charge in [-0.15, -0.1) is 0 Å². The van der Waals surface area contributed by atoms with Crippen molar-refractivity contribution >= 4 is 11.8 Å². The first-order chi connectivity index (χ1) is 17.6. The van der Waals surface area contributed by atoms with Gasteiger partial charge in [-0.25, -0.2) is 0 Å². The van der Waals surface area contributed by atoms with E-state index in [1.54, 1.807) is 24.0 Å². The SMILES string of the molecule is COc1ccc(CCN(Cc2ccc(C)o2)C(=O)CN(C[C@@H]2CCCO2)C(=O)CC(C)(C)C)cc1OC. The Labute approximate surface area is 220 Å². The van der Waals surface area contributed by atoms with Gasteiger partial charge in [-0.05, 0) is 61.4 Å². The van der Waals surface area contributed by atoms with E-state index in [0.717, 1.165) is 24.2 Å². The molecule has 204 valence electrons. The number of amides is 2. The number of hydrogen-bond acceptors (Lipinski definition) is 6. The second-order valence-corrected chi connectivity index (χ2v) is 10.9. The number of aryl methyl sites for hydroxylation is 1. The second-order valence-electron chi connectivity index (χ2n) is 10.9. The van der Waals surface area contributed by atoms with E-state index in [0.29, 0.717) is 56.3 Å². The van der Waals surface area contributed by atoms with Gasteiger partial charge in [0.15, 0.2) is 11.5 Å². The number of carbonyl (C=O) groups is 2. The predicted octanol–water partition coefficient (Wildman–Crippen LogP) is 4.62. The number of ether oxygens (including phenoxy) is 3. The third-order valence-electron chi connectivity index (χ3n) is 6.42. The van der Waals surface area contributed by atoms with E-state index >= 15 is 0 Å². The van der Waals surface area contributed by atoms with E-state index in [2.05, 4.69) is 0 Å². The van der Waals surface area contributed by atoms with Gasteiger partial charge in [0.1, 0.15) is 11.5 Å². The second kappa shape index (κ2) is 13.0. The van der Waals surface area contributed by atoms with Crippen LogP contribution in [0.4, 0.5) is 0 Å². The van der Waals surface area contributed by atoms with Crippen LogP contribution < -0.4 is 9.47 Å². The topological polar surface area (TPSA) is 81.5 Å². The lowest BCUT2D eigenvalue weighted by atomic mass is 9.91. The molecule has 0 aliphatic carbocycles. The van der Waals surface area contributed by atoms with Crippen LogP contribution in [0.5, 0.6) is 11.5 Å². The minimum atomic E-state index is -0.173. The quantitative estimate of drug-likeness (QED) is 0.411. The number of hydrogen-bond donors (Lipinski definition) is 0.